The summed E-state index contributed by atoms with van der Waals surface area (Å²) in [5.41, 5.74) is -0.569. The second kappa shape index (κ2) is 8.93. The lowest BCUT2D eigenvalue weighted by atomic mass is 9.74. The van der Waals surface area contributed by atoms with Gasteiger partial charge in [0.2, 0.25) is 0 Å². The fourth-order valence-electron chi connectivity index (χ4n) is 6.49. The van der Waals surface area contributed by atoms with Crippen LogP contribution in [-0.4, -0.2) is 64.6 Å². The maximum Gasteiger partial charge on any atom is 0.254 e. The smallest absolute Gasteiger partial charge is 0.254 e. The molecule has 2 saturated heterocycles. The summed E-state index contributed by atoms with van der Waals surface area (Å²) in [5.74, 6) is 1.65. The Hall–Kier alpha value is -1.14. The van der Waals surface area contributed by atoms with E-state index in [-0.39, 0.29) is 18.0 Å². The molecule has 2 aliphatic heterocycles. The van der Waals surface area contributed by atoms with Gasteiger partial charge in [0.15, 0.2) is 5.96 Å². The number of likely N-dealkylation sites (N-methyl/N-ethyl adjacent to an activating group) is 1. The van der Waals surface area contributed by atoms with Crippen LogP contribution < -0.4 is 5.32 Å². The molecule has 0 bridgehead atoms. The van der Waals surface area contributed by atoms with Crippen molar-refractivity contribution in [2.24, 2.45) is 11.8 Å². The topological polar surface area (TPSA) is 79.7 Å². The molecule has 29 heavy (non-hydrogen) atoms. The molecule has 0 unspecified atom stereocenters. The number of aliphatic hydroxyl groups excluding tert-OH is 1. The van der Waals surface area contributed by atoms with E-state index in [2.05, 4.69) is 10.2 Å². The van der Waals surface area contributed by atoms with Crippen LogP contribution in [-0.2, 0) is 4.79 Å². The molecule has 2 heterocycles. The van der Waals surface area contributed by atoms with E-state index in [4.69, 9.17) is 5.41 Å². The standard InChI is InChI=1S/C23H40N4O2/c1-26-21(29)23(25-22(26)24,12-10-17-6-3-2-4-7-17)15-18-8-5-9-19(14-18)27-13-11-20(28)16-27/h17-20,28H,2-16H2,1H3,(H2,24,25)/t18-,19-,20+,23+/m0/s1. The third kappa shape index (κ3) is 4.63. The highest BCUT2D eigenvalue weighted by Gasteiger charge is 2.49. The molecular weight excluding hydrogens is 364 g/mol. The third-order valence-corrected chi connectivity index (χ3v) is 8.21. The predicted molar refractivity (Wildman–Crippen MR) is 115 cm³/mol. The number of likely N-dealkylation sites (tertiary alicyclic amines) is 1. The molecule has 0 aromatic carbocycles. The summed E-state index contributed by atoms with van der Waals surface area (Å²) in [5, 5.41) is 21.5. The lowest BCUT2D eigenvalue weighted by Gasteiger charge is -2.39. The molecular formula is C23H40N4O2. The van der Waals surface area contributed by atoms with Crippen molar-refractivity contribution >= 4 is 11.9 Å². The summed E-state index contributed by atoms with van der Waals surface area (Å²) in [7, 11) is 1.75. The van der Waals surface area contributed by atoms with Crippen LogP contribution in [0, 0.1) is 17.2 Å². The van der Waals surface area contributed by atoms with Crippen molar-refractivity contribution in [3.8, 4) is 0 Å². The summed E-state index contributed by atoms with van der Waals surface area (Å²) < 4.78 is 0. The lowest BCUT2D eigenvalue weighted by Crippen LogP contribution is -2.50. The number of amides is 1. The predicted octanol–water partition coefficient (Wildman–Crippen LogP) is 3.10. The average molecular weight is 405 g/mol. The number of carbonyl (C=O) groups excluding carboxylic acids is 1. The van der Waals surface area contributed by atoms with Crippen molar-refractivity contribution in [1.82, 2.24) is 15.1 Å². The highest BCUT2D eigenvalue weighted by Crippen LogP contribution is 2.39. The maximum atomic E-state index is 13.2. The fraction of sp³-hybridized carbons (Fsp3) is 0.913. The van der Waals surface area contributed by atoms with Crippen molar-refractivity contribution in [2.45, 2.75) is 101 Å². The lowest BCUT2D eigenvalue weighted by molar-refractivity contribution is -0.131. The summed E-state index contributed by atoms with van der Waals surface area (Å²) in [4.78, 5) is 17.2. The molecule has 2 aliphatic carbocycles. The van der Waals surface area contributed by atoms with Crippen molar-refractivity contribution in [1.29, 1.82) is 5.41 Å². The molecule has 4 rings (SSSR count). The summed E-state index contributed by atoms with van der Waals surface area (Å²) in [6.07, 6.45) is 15.0. The van der Waals surface area contributed by atoms with Crippen LogP contribution in [0.4, 0.5) is 0 Å². The van der Waals surface area contributed by atoms with Gasteiger partial charge in [-0.1, -0.05) is 44.9 Å². The molecule has 4 aliphatic rings. The Kier molecular flexibility index (Phi) is 6.50. The highest BCUT2D eigenvalue weighted by molar-refractivity contribution is 6.07. The summed E-state index contributed by atoms with van der Waals surface area (Å²) in [6, 6.07) is 0.551. The van der Waals surface area contributed by atoms with Crippen LogP contribution in [0.3, 0.4) is 0 Å². The number of guanidine groups is 1. The first kappa shape index (κ1) is 21.1. The summed E-state index contributed by atoms with van der Waals surface area (Å²) >= 11 is 0. The molecule has 0 radical (unpaired) electrons. The van der Waals surface area contributed by atoms with Gasteiger partial charge < -0.3 is 10.4 Å². The van der Waals surface area contributed by atoms with Crippen molar-refractivity contribution in [2.75, 3.05) is 20.1 Å². The Morgan fingerprint density at radius 1 is 1.10 bits per heavy atom. The molecule has 4 fully saturated rings. The van der Waals surface area contributed by atoms with Crippen LogP contribution in [0.5, 0.6) is 0 Å². The zero-order chi connectivity index (χ0) is 20.4. The van der Waals surface area contributed by atoms with Gasteiger partial charge in [-0.15, -0.1) is 0 Å². The van der Waals surface area contributed by atoms with Crippen LogP contribution in [0.25, 0.3) is 0 Å². The van der Waals surface area contributed by atoms with E-state index in [9.17, 15) is 9.90 Å². The minimum absolute atomic E-state index is 0.108. The SMILES string of the molecule is CN1C(=N)N[C@](CCC2CCCCC2)(C[C@H]2CCC[C@H](N3CC[C@@H](O)C3)C2)C1=O. The Morgan fingerprint density at radius 3 is 2.52 bits per heavy atom. The third-order valence-electron chi connectivity index (χ3n) is 8.21. The Balaban J connectivity index is 1.42. The molecule has 6 heteroatoms. The second-order valence-corrected chi connectivity index (χ2v) is 10.3. The first-order chi connectivity index (χ1) is 14.0. The molecule has 164 valence electrons. The zero-order valence-electron chi connectivity index (χ0n) is 18.2. The van der Waals surface area contributed by atoms with E-state index in [0.717, 1.165) is 51.1 Å². The maximum absolute atomic E-state index is 13.2. The number of rotatable bonds is 6. The van der Waals surface area contributed by atoms with Gasteiger partial charge in [0, 0.05) is 26.2 Å². The molecule has 0 aromatic heterocycles. The number of hydrogen-bond acceptors (Lipinski definition) is 4. The van der Waals surface area contributed by atoms with Gasteiger partial charge >= 0.3 is 0 Å². The number of nitrogens with one attached hydrogen (secondary N) is 2. The van der Waals surface area contributed by atoms with Gasteiger partial charge in [-0.05, 0) is 50.4 Å². The number of β-amino-alcohol motifs (C(OH)–C–C–N with tert-alkyl or cyclic N) is 1. The van der Waals surface area contributed by atoms with Gasteiger partial charge in [-0.3, -0.25) is 20.0 Å². The number of aliphatic hydroxyl groups is 1. The quantitative estimate of drug-likeness (QED) is 0.636. The van der Waals surface area contributed by atoms with Crippen molar-refractivity contribution in [3.63, 3.8) is 0 Å². The van der Waals surface area contributed by atoms with Crippen LogP contribution >= 0.6 is 0 Å². The van der Waals surface area contributed by atoms with Gasteiger partial charge in [-0.2, -0.15) is 0 Å². The van der Waals surface area contributed by atoms with E-state index >= 15 is 0 Å². The van der Waals surface area contributed by atoms with Crippen LogP contribution in [0.15, 0.2) is 0 Å². The van der Waals surface area contributed by atoms with Crippen LogP contribution in [0.1, 0.15) is 83.5 Å². The first-order valence-corrected chi connectivity index (χ1v) is 12.0. The zero-order valence-corrected chi connectivity index (χ0v) is 18.2. The number of nitrogens with zero attached hydrogens (tertiary/aromatic N) is 2. The Labute approximate surface area is 175 Å². The van der Waals surface area contributed by atoms with E-state index in [1.54, 1.807) is 7.05 Å². The van der Waals surface area contributed by atoms with E-state index in [0.29, 0.717) is 12.0 Å². The fourth-order valence-corrected chi connectivity index (χ4v) is 6.49. The van der Waals surface area contributed by atoms with Crippen molar-refractivity contribution < 1.29 is 9.90 Å². The van der Waals surface area contributed by atoms with Gasteiger partial charge in [0.25, 0.3) is 5.91 Å². The highest BCUT2D eigenvalue weighted by atomic mass is 16.3. The monoisotopic (exact) mass is 404 g/mol. The Morgan fingerprint density at radius 2 is 1.86 bits per heavy atom. The minimum Gasteiger partial charge on any atom is -0.392 e. The molecule has 4 atom stereocenters. The molecule has 0 aromatic rings. The van der Waals surface area contributed by atoms with Gasteiger partial charge in [-0.25, -0.2) is 0 Å². The van der Waals surface area contributed by atoms with Gasteiger partial charge in [0.05, 0.1) is 6.10 Å². The summed E-state index contributed by atoms with van der Waals surface area (Å²) in [6.45, 7) is 1.82. The largest absolute Gasteiger partial charge is 0.392 e. The second-order valence-electron chi connectivity index (χ2n) is 10.3. The van der Waals surface area contributed by atoms with Crippen LogP contribution in [0.2, 0.25) is 0 Å². The molecule has 0 spiro atoms. The Bertz CT molecular complexity index is 606. The van der Waals surface area contributed by atoms with E-state index < -0.39 is 5.54 Å². The minimum atomic E-state index is -0.569. The first-order valence-electron chi connectivity index (χ1n) is 12.0. The van der Waals surface area contributed by atoms with Crippen molar-refractivity contribution in [3.05, 3.63) is 0 Å². The number of carbonyl (C=O) groups is 1. The molecule has 3 N–H and O–H groups in total. The van der Waals surface area contributed by atoms with E-state index in [1.165, 1.54) is 56.3 Å². The van der Waals surface area contributed by atoms with Gasteiger partial charge in [0.1, 0.15) is 5.54 Å². The van der Waals surface area contributed by atoms with E-state index in [1.807, 2.05) is 0 Å². The normalized spacial score (nSPS) is 37.3. The molecule has 6 nitrogen and oxygen atoms in total. The average Bonchev–Trinajstić information content (AvgIpc) is 3.25. The molecule has 2 saturated carbocycles. The molecule has 1 amide bonds. The number of hydrogen-bond donors (Lipinski definition) is 3.